The molecule has 2 fully saturated rings. The molecule has 144 valence electrons. The second kappa shape index (κ2) is 8.92. The molecule has 1 aromatic carbocycles. The molecule has 1 amide bonds. The van der Waals surface area contributed by atoms with Crippen molar-refractivity contribution in [2.24, 2.45) is 11.3 Å². The van der Waals surface area contributed by atoms with Crippen molar-refractivity contribution in [2.75, 3.05) is 32.8 Å². The van der Waals surface area contributed by atoms with E-state index < -0.39 is 0 Å². The topological polar surface area (TPSA) is 41.6 Å². The van der Waals surface area contributed by atoms with E-state index >= 15 is 0 Å². The Kier molecular flexibility index (Phi) is 6.84. The summed E-state index contributed by atoms with van der Waals surface area (Å²) in [5.74, 6) is 0.761. The Balaban J connectivity index is 1.77. The molecule has 0 radical (unpaired) electrons. The van der Waals surface area contributed by atoms with Gasteiger partial charge in [-0.15, -0.1) is 0 Å². The Morgan fingerprint density at radius 1 is 1.23 bits per heavy atom. The zero-order valence-electron chi connectivity index (χ0n) is 15.4. The van der Waals surface area contributed by atoms with E-state index in [1.54, 1.807) is 0 Å². The summed E-state index contributed by atoms with van der Waals surface area (Å²) in [5.41, 5.74) is 0.740. The van der Waals surface area contributed by atoms with Crippen LogP contribution in [0.5, 0.6) is 0 Å². The van der Waals surface area contributed by atoms with Gasteiger partial charge in [0.15, 0.2) is 0 Å². The van der Waals surface area contributed by atoms with Crippen molar-refractivity contribution in [3.63, 3.8) is 0 Å². The molecule has 26 heavy (non-hydrogen) atoms. The summed E-state index contributed by atoms with van der Waals surface area (Å²) in [7, 11) is 0. The minimum absolute atomic E-state index is 0.261. The van der Waals surface area contributed by atoms with Crippen LogP contribution in [0.1, 0.15) is 38.2 Å². The SMILES string of the molecule is CC1(C(=O)N(Cc2ccc(Cl)c(Cl)c2)CC2CCOCC2)CCNCC1. The van der Waals surface area contributed by atoms with Gasteiger partial charge < -0.3 is 15.0 Å². The van der Waals surface area contributed by atoms with Crippen LogP contribution in [-0.4, -0.2) is 43.7 Å². The van der Waals surface area contributed by atoms with Crippen molar-refractivity contribution in [2.45, 2.75) is 39.2 Å². The van der Waals surface area contributed by atoms with Gasteiger partial charge in [0.2, 0.25) is 5.91 Å². The number of ether oxygens (including phenoxy) is 1. The maximum atomic E-state index is 13.5. The maximum Gasteiger partial charge on any atom is 0.228 e. The normalized spacial score (nSPS) is 20.7. The number of nitrogens with zero attached hydrogens (tertiary/aromatic N) is 1. The van der Waals surface area contributed by atoms with Crippen molar-refractivity contribution in [3.05, 3.63) is 33.8 Å². The van der Waals surface area contributed by atoms with Crippen molar-refractivity contribution in [3.8, 4) is 0 Å². The van der Waals surface area contributed by atoms with Crippen LogP contribution >= 0.6 is 23.2 Å². The largest absolute Gasteiger partial charge is 0.381 e. The highest BCUT2D eigenvalue weighted by atomic mass is 35.5. The van der Waals surface area contributed by atoms with Gasteiger partial charge in [-0.05, 0) is 62.4 Å². The standard InChI is InChI=1S/C20H28Cl2N2O2/c1-20(6-8-23-9-7-20)19(25)24(13-15-4-10-26-11-5-15)14-16-2-3-17(21)18(22)12-16/h2-3,12,15,23H,4-11,13-14H2,1H3. The zero-order valence-corrected chi connectivity index (χ0v) is 16.9. The number of hydrogen-bond acceptors (Lipinski definition) is 3. The van der Waals surface area contributed by atoms with Crippen LogP contribution in [0.2, 0.25) is 10.0 Å². The Hall–Kier alpha value is -0.810. The lowest BCUT2D eigenvalue weighted by Crippen LogP contribution is -2.49. The smallest absolute Gasteiger partial charge is 0.228 e. The summed E-state index contributed by atoms with van der Waals surface area (Å²) >= 11 is 12.2. The lowest BCUT2D eigenvalue weighted by atomic mass is 9.79. The highest BCUT2D eigenvalue weighted by molar-refractivity contribution is 6.42. The van der Waals surface area contributed by atoms with Gasteiger partial charge in [-0.25, -0.2) is 0 Å². The van der Waals surface area contributed by atoms with Crippen molar-refractivity contribution in [1.82, 2.24) is 10.2 Å². The van der Waals surface area contributed by atoms with E-state index in [4.69, 9.17) is 27.9 Å². The van der Waals surface area contributed by atoms with E-state index in [9.17, 15) is 4.79 Å². The first-order valence-corrected chi connectivity index (χ1v) is 10.3. The fourth-order valence-corrected chi connectivity index (χ4v) is 4.21. The number of hydrogen-bond donors (Lipinski definition) is 1. The molecule has 0 atom stereocenters. The average Bonchev–Trinajstić information content (AvgIpc) is 2.65. The van der Waals surface area contributed by atoms with Gasteiger partial charge in [0.1, 0.15) is 0 Å². The van der Waals surface area contributed by atoms with Crippen molar-refractivity contribution < 1.29 is 9.53 Å². The van der Waals surface area contributed by atoms with Gasteiger partial charge in [0.25, 0.3) is 0 Å². The van der Waals surface area contributed by atoms with Gasteiger partial charge in [-0.2, -0.15) is 0 Å². The Labute approximate surface area is 166 Å². The highest BCUT2D eigenvalue weighted by Gasteiger charge is 2.38. The molecule has 4 nitrogen and oxygen atoms in total. The second-order valence-corrected chi connectivity index (χ2v) is 8.61. The number of piperidine rings is 1. The fraction of sp³-hybridized carbons (Fsp3) is 0.650. The minimum atomic E-state index is -0.285. The molecule has 0 aromatic heterocycles. The molecule has 0 saturated carbocycles. The Bertz CT molecular complexity index is 626. The first-order chi connectivity index (χ1) is 12.5. The summed E-state index contributed by atoms with van der Waals surface area (Å²) in [4.78, 5) is 15.5. The molecule has 3 rings (SSSR count). The summed E-state index contributed by atoms with van der Waals surface area (Å²) in [6, 6.07) is 5.64. The molecule has 2 aliphatic rings. The molecular weight excluding hydrogens is 371 g/mol. The maximum absolute atomic E-state index is 13.5. The van der Waals surface area contributed by atoms with E-state index in [1.165, 1.54) is 0 Å². The van der Waals surface area contributed by atoms with Crippen molar-refractivity contribution >= 4 is 29.1 Å². The first kappa shape index (κ1) is 19.9. The number of amides is 1. The van der Waals surface area contributed by atoms with Gasteiger partial charge >= 0.3 is 0 Å². The molecular formula is C20H28Cl2N2O2. The average molecular weight is 399 g/mol. The van der Waals surface area contributed by atoms with Crippen LogP contribution in [0.25, 0.3) is 0 Å². The number of rotatable bonds is 5. The molecule has 0 spiro atoms. The van der Waals surface area contributed by atoms with Gasteiger partial charge in [0.05, 0.1) is 10.0 Å². The second-order valence-electron chi connectivity index (χ2n) is 7.80. The Morgan fingerprint density at radius 2 is 1.92 bits per heavy atom. The lowest BCUT2D eigenvalue weighted by molar-refractivity contribution is -0.144. The number of nitrogens with one attached hydrogen (secondary N) is 1. The van der Waals surface area contributed by atoms with Crippen LogP contribution in [0.4, 0.5) is 0 Å². The quantitative estimate of drug-likeness (QED) is 0.809. The third-order valence-corrected chi connectivity index (χ3v) is 6.43. The van der Waals surface area contributed by atoms with Crippen LogP contribution < -0.4 is 5.32 Å². The molecule has 0 unspecified atom stereocenters. The lowest BCUT2D eigenvalue weighted by Gasteiger charge is -2.39. The third kappa shape index (κ3) is 4.92. The number of benzene rings is 1. The van der Waals surface area contributed by atoms with Crippen LogP contribution in [0.15, 0.2) is 18.2 Å². The van der Waals surface area contributed by atoms with Crippen molar-refractivity contribution in [1.29, 1.82) is 0 Å². The minimum Gasteiger partial charge on any atom is -0.381 e. The molecule has 1 N–H and O–H groups in total. The summed E-state index contributed by atoms with van der Waals surface area (Å²) in [5, 5.41) is 4.44. The van der Waals surface area contributed by atoms with E-state index in [1.807, 2.05) is 23.1 Å². The predicted molar refractivity (Wildman–Crippen MR) is 106 cm³/mol. The van der Waals surface area contributed by atoms with Crippen LogP contribution in [0.3, 0.4) is 0 Å². The van der Waals surface area contributed by atoms with E-state index in [0.29, 0.717) is 22.5 Å². The summed E-state index contributed by atoms with van der Waals surface area (Å²) < 4.78 is 5.48. The molecule has 1 aromatic rings. The van der Waals surface area contributed by atoms with E-state index in [-0.39, 0.29) is 11.3 Å². The molecule has 6 heteroatoms. The summed E-state index contributed by atoms with van der Waals surface area (Å²) in [6.45, 7) is 6.87. The molecule has 0 aliphatic carbocycles. The van der Waals surface area contributed by atoms with Crippen LogP contribution in [0, 0.1) is 11.3 Å². The molecule has 0 bridgehead atoms. The van der Waals surface area contributed by atoms with Crippen LogP contribution in [-0.2, 0) is 16.1 Å². The van der Waals surface area contributed by atoms with E-state index in [2.05, 4.69) is 12.2 Å². The number of carbonyl (C=O) groups excluding carboxylic acids is 1. The molecule has 2 aliphatic heterocycles. The number of carbonyl (C=O) groups is 1. The highest BCUT2D eigenvalue weighted by Crippen LogP contribution is 2.32. The third-order valence-electron chi connectivity index (χ3n) is 5.69. The summed E-state index contributed by atoms with van der Waals surface area (Å²) in [6.07, 6.45) is 3.81. The monoisotopic (exact) mass is 398 g/mol. The fourth-order valence-electron chi connectivity index (χ4n) is 3.89. The first-order valence-electron chi connectivity index (χ1n) is 9.50. The van der Waals surface area contributed by atoms with Gasteiger partial charge in [-0.1, -0.05) is 36.2 Å². The molecule has 2 heterocycles. The number of halogens is 2. The predicted octanol–water partition coefficient (Wildman–Crippen LogP) is 4.14. The van der Waals surface area contributed by atoms with Gasteiger partial charge in [-0.3, -0.25) is 4.79 Å². The molecule has 2 saturated heterocycles. The van der Waals surface area contributed by atoms with Gasteiger partial charge in [0, 0.05) is 31.7 Å². The van der Waals surface area contributed by atoms with E-state index in [0.717, 1.165) is 64.1 Å². The zero-order chi connectivity index (χ0) is 18.6. The Morgan fingerprint density at radius 3 is 2.58 bits per heavy atom.